The van der Waals surface area contributed by atoms with Crippen LogP contribution in [0.25, 0.3) is 0 Å². The molecule has 12 heteroatoms. The molecule has 0 aliphatic carbocycles. The largest absolute Gasteiger partial charge is 0.372 e. The van der Waals surface area contributed by atoms with Crippen LogP contribution in [0.15, 0.2) is 41.7 Å². The first-order valence-corrected chi connectivity index (χ1v) is 10.0. The summed E-state index contributed by atoms with van der Waals surface area (Å²) in [5, 5.41) is 2.67. The van der Waals surface area contributed by atoms with Crippen LogP contribution in [0.3, 0.4) is 0 Å². The van der Waals surface area contributed by atoms with Crippen LogP contribution >= 0.6 is 11.6 Å². The van der Waals surface area contributed by atoms with Crippen LogP contribution in [0.1, 0.15) is 11.1 Å². The zero-order valence-corrected chi connectivity index (χ0v) is 16.8. The highest BCUT2D eigenvalue weighted by Gasteiger charge is 2.23. The lowest BCUT2D eigenvalue weighted by Gasteiger charge is -2.13. The molecule has 3 aromatic rings. The molecular weight excluding hydrogens is 438 g/mol. The number of hydrogen-bond donors (Lipinski definition) is 3. The molecule has 1 aromatic carbocycles. The van der Waals surface area contributed by atoms with Crippen molar-refractivity contribution in [2.24, 2.45) is 0 Å². The molecular formula is C18H13ClF2N6O2S. The fraction of sp³-hybridized carbons (Fsp3) is 0.0556. The Labute approximate surface area is 175 Å². The maximum Gasteiger partial charge on any atom is 0.265 e. The van der Waals surface area contributed by atoms with Gasteiger partial charge in [-0.2, -0.15) is 0 Å². The number of hydrogen-bond acceptors (Lipinski definition) is 7. The number of rotatable bonds is 4. The zero-order valence-electron chi connectivity index (χ0n) is 15.2. The summed E-state index contributed by atoms with van der Waals surface area (Å²) in [7, 11) is -2.85. The smallest absolute Gasteiger partial charge is 0.265 e. The minimum Gasteiger partial charge on any atom is -0.372 e. The third-order valence-electron chi connectivity index (χ3n) is 3.68. The van der Waals surface area contributed by atoms with Gasteiger partial charge in [-0.25, -0.2) is 32.2 Å². The Morgan fingerprint density at radius 2 is 1.80 bits per heavy atom. The van der Waals surface area contributed by atoms with Crippen LogP contribution in [0, 0.1) is 23.5 Å². The van der Waals surface area contributed by atoms with Gasteiger partial charge in [0.2, 0.25) is 5.95 Å². The Morgan fingerprint density at radius 1 is 1.10 bits per heavy atom. The molecule has 0 saturated carbocycles. The summed E-state index contributed by atoms with van der Waals surface area (Å²) in [6, 6.07) is 2.97. The van der Waals surface area contributed by atoms with E-state index in [1.54, 1.807) is 0 Å². The Hall–Kier alpha value is -3.49. The van der Waals surface area contributed by atoms with E-state index in [0.717, 1.165) is 18.2 Å². The van der Waals surface area contributed by atoms with Crippen molar-refractivity contribution in [1.29, 1.82) is 0 Å². The number of pyridine rings is 1. The first kappa shape index (κ1) is 21.2. The molecule has 2 aromatic heterocycles. The van der Waals surface area contributed by atoms with Crippen molar-refractivity contribution in [3.8, 4) is 11.8 Å². The van der Waals surface area contributed by atoms with Crippen molar-refractivity contribution in [2.45, 2.75) is 4.90 Å². The average molecular weight is 451 g/mol. The van der Waals surface area contributed by atoms with Crippen LogP contribution in [-0.4, -0.2) is 30.4 Å². The monoisotopic (exact) mass is 450 g/mol. The summed E-state index contributed by atoms with van der Waals surface area (Å²) in [5.41, 5.74) is 4.49. The molecule has 0 saturated heterocycles. The number of nitrogens with one attached hydrogen (secondary N) is 2. The molecule has 0 aliphatic rings. The Bertz CT molecular complexity index is 1270. The SMILES string of the molecule is CNc1ncc(Cl)cc1S(=O)(=O)Nc1ccc(F)c(C#Cc2cnc(N)nc2)c1F. The van der Waals surface area contributed by atoms with E-state index in [4.69, 9.17) is 17.3 Å². The molecule has 0 aliphatic heterocycles. The topological polar surface area (TPSA) is 123 Å². The highest BCUT2D eigenvalue weighted by Crippen LogP contribution is 2.27. The molecule has 0 spiro atoms. The normalized spacial score (nSPS) is 10.8. The van der Waals surface area contributed by atoms with Crippen LogP contribution in [0.2, 0.25) is 5.02 Å². The molecule has 0 unspecified atom stereocenters. The van der Waals surface area contributed by atoms with Crippen LogP contribution in [0.5, 0.6) is 0 Å². The fourth-order valence-corrected chi connectivity index (χ4v) is 3.77. The van der Waals surface area contributed by atoms with E-state index in [-0.39, 0.29) is 27.2 Å². The van der Waals surface area contributed by atoms with Crippen LogP contribution < -0.4 is 15.8 Å². The maximum atomic E-state index is 14.8. The summed E-state index contributed by atoms with van der Waals surface area (Å²) in [6.07, 6.45) is 3.81. The number of anilines is 3. The summed E-state index contributed by atoms with van der Waals surface area (Å²) in [4.78, 5) is 11.0. The lowest BCUT2D eigenvalue weighted by molar-refractivity contribution is 0.578. The molecule has 4 N–H and O–H groups in total. The Balaban J connectivity index is 2.00. The van der Waals surface area contributed by atoms with Gasteiger partial charge >= 0.3 is 0 Å². The van der Waals surface area contributed by atoms with Gasteiger partial charge < -0.3 is 11.1 Å². The molecule has 30 heavy (non-hydrogen) atoms. The van der Waals surface area contributed by atoms with Gasteiger partial charge in [0, 0.05) is 25.6 Å². The van der Waals surface area contributed by atoms with Crippen molar-refractivity contribution in [2.75, 3.05) is 22.8 Å². The quantitative estimate of drug-likeness (QED) is 0.522. The molecule has 3 rings (SSSR count). The fourth-order valence-electron chi connectivity index (χ4n) is 2.30. The number of nitrogens with two attached hydrogens (primary N) is 1. The molecule has 0 amide bonds. The molecule has 8 nitrogen and oxygen atoms in total. The van der Waals surface area contributed by atoms with E-state index in [2.05, 4.69) is 36.8 Å². The zero-order chi connectivity index (χ0) is 21.9. The number of benzene rings is 1. The van der Waals surface area contributed by atoms with Gasteiger partial charge in [0.05, 0.1) is 21.8 Å². The van der Waals surface area contributed by atoms with E-state index in [1.807, 2.05) is 0 Å². The van der Waals surface area contributed by atoms with Crippen molar-refractivity contribution in [1.82, 2.24) is 15.0 Å². The van der Waals surface area contributed by atoms with Gasteiger partial charge in [0.1, 0.15) is 16.5 Å². The molecule has 0 atom stereocenters. The predicted octanol–water partition coefficient (Wildman–Crippen LogP) is 2.63. The predicted molar refractivity (Wildman–Crippen MR) is 108 cm³/mol. The lowest BCUT2D eigenvalue weighted by Crippen LogP contribution is -2.17. The van der Waals surface area contributed by atoms with Crippen molar-refractivity contribution in [3.05, 3.63) is 64.6 Å². The Kier molecular flexibility index (Phi) is 6.00. The van der Waals surface area contributed by atoms with E-state index in [9.17, 15) is 17.2 Å². The summed E-state index contributed by atoms with van der Waals surface area (Å²) >= 11 is 5.83. The molecule has 0 fully saturated rings. The number of sulfonamides is 1. The second kappa shape index (κ2) is 8.48. The van der Waals surface area contributed by atoms with Gasteiger partial charge in [-0.05, 0) is 18.2 Å². The lowest BCUT2D eigenvalue weighted by atomic mass is 10.1. The van der Waals surface area contributed by atoms with Gasteiger partial charge in [-0.15, -0.1) is 0 Å². The molecule has 0 bridgehead atoms. The van der Waals surface area contributed by atoms with E-state index in [1.165, 1.54) is 25.6 Å². The molecule has 2 heterocycles. The van der Waals surface area contributed by atoms with Crippen molar-refractivity contribution in [3.63, 3.8) is 0 Å². The average Bonchev–Trinajstić information content (AvgIpc) is 2.71. The summed E-state index contributed by atoms with van der Waals surface area (Å²) in [5.74, 6) is 2.66. The number of halogens is 3. The van der Waals surface area contributed by atoms with E-state index < -0.39 is 32.9 Å². The second-order valence-corrected chi connectivity index (χ2v) is 7.81. The maximum absolute atomic E-state index is 14.8. The highest BCUT2D eigenvalue weighted by atomic mass is 35.5. The van der Waals surface area contributed by atoms with E-state index >= 15 is 0 Å². The van der Waals surface area contributed by atoms with Crippen molar-refractivity contribution < 1.29 is 17.2 Å². The molecule has 154 valence electrons. The standard InChI is InChI=1S/C18H13ClF2N6O2S/c1-23-17-15(6-11(19)9-24-17)30(28,29)27-14-5-4-13(20)12(16(14)21)3-2-10-7-25-18(22)26-8-10/h4-9,27H,1H3,(H,23,24)(H2,22,25,26). The third kappa shape index (κ3) is 4.56. The minimum atomic E-state index is -4.31. The van der Waals surface area contributed by atoms with E-state index in [0.29, 0.717) is 0 Å². The first-order valence-electron chi connectivity index (χ1n) is 8.15. The Morgan fingerprint density at radius 3 is 2.47 bits per heavy atom. The number of aromatic nitrogens is 3. The van der Waals surface area contributed by atoms with Crippen molar-refractivity contribution >= 4 is 39.1 Å². The van der Waals surface area contributed by atoms with Gasteiger partial charge in [0.15, 0.2) is 5.82 Å². The number of nitrogen functional groups attached to an aromatic ring is 1. The minimum absolute atomic E-state index is 0.00205. The molecule has 0 radical (unpaired) electrons. The van der Waals surface area contributed by atoms with Gasteiger partial charge in [-0.1, -0.05) is 23.4 Å². The summed E-state index contributed by atoms with van der Waals surface area (Å²) in [6.45, 7) is 0. The number of nitrogens with zero attached hydrogens (tertiary/aromatic N) is 3. The summed E-state index contributed by atoms with van der Waals surface area (Å²) < 4.78 is 56.4. The van der Waals surface area contributed by atoms with Crippen LogP contribution in [0.4, 0.5) is 26.2 Å². The van der Waals surface area contributed by atoms with Crippen LogP contribution in [-0.2, 0) is 10.0 Å². The third-order valence-corrected chi connectivity index (χ3v) is 5.27. The van der Waals surface area contributed by atoms with Gasteiger partial charge in [-0.3, -0.25) is 4.72 Å². The first-order chi connectivity index (χ1) is 14.2. The second-order valence-electron chi connectivity index (χ2n) is 5.72. The van der Waals surface area contributed by atoms with Gasteiger partial charge in [0.25, 0.3) is 10.0 Å². The highest BCUT2D eigenvalue weighted by molar-refractivity contribution is 7.92.